The summed E-state index contributed by atoms with van der Waals surface area (Å²) in [5.74, 6) is -0.609. The van der Waals surface area contributed by atoms with Crippen molar-refractivity contribution in [3.8, 4) is 0 Å². The maximum Gasteiger partial charge on any atom is 0.338 e. The van der Waals surface area contributed by atoms with Crippen LogP contribution in [0.2, 0.25) is 5.02 Å². The van der Waals surface area contributed by atoms with Crippen molar-refractivity contribution in [3.63, 3.8) is 0 Å². The lowest BCUT2D eigenvalue weighted by atomic mass is 10.2. The number of nitrogens with zero attached hydrogens (tertiary/aromatic N) is 2. The Kier molecular flexibility index (Phi) is 6.56. The van der Waals surface area contributed by atoms with Gasteiger partial charge < -0.3 is 9.64 Å². The number of carbonyl (C=O) groups is 2. The van der Waals surface area contributed by atoms with E-state index in [2.05, 4.69) is 0 Å². The first-order chi connectivity index (χ1) is 13.8. The van der Waals surface area contributed by atoms with Crippen LogP contribution in [0.4, 0.5) is 0 Å². The SMILES string of the molecule is CC(=O)N1CCN(S(=O)(=O)c2ccc(C(=O)OCc3ccc(Cl)cc3)cc2)CC1. The summed E-state index contributed by atoms with van der Waals surface area (Å²) in [6.45, 7) is 2.78. The number of hydrogen-bond acceptors (Lipinski definition) is 5. The normalized spacial score (nSPS) is 15.2. The number of hydrogen-bond donors (Lipinski definition) is 0. The molecule has 1 aliphatic rings. The number of sulfonamides is 1. The highest BCUT2D eigenvalue weighted by atomic mass is 35.5. The molecule has 2 aromatic rings. The van der Waals surface area contributed by atoms with Gasteiger partial charge in [-0.1, -0.05) is 23.7 Å². The van der Waals surface area contributed by atoms with Crippen molar-refractivity contribution in [2.24, 2.45) is 0 Å². The highest BCUT2D eigenvalue weighted by Gasteiger charge is 2.29. The lowest BCUT2D eigenvalue weighted by Crippen LogP contribution is -2.49. The zero-order chi connectivity index (χ0) is 21.0. The van der Waals surface area contributed by atoms with Crippen LogP contribution in [0.25, 0.3) is 0 Å². The second-order valence-corrected chi connectivity index (χ2v) is 9.01. The third kappa shape index (κ3) is 5.14. The van der Waals surface area contributed by atoms with E-state index in [1.54, 1.807) is 29.2 Å². The van der Waals surface area contributed by atoms with Crippen molar-refractivity contribution in [3.05, 3.63) is 64.7 Å². The Bertz CT molecular complexity index is 983. The molecule has 1 amide bonds. The summed E-state index contributed by atoms with van der Waals surface area (Å²) >= 11 is 5.82. The minimum atomic E-state index is -3.68. The highest BCUT2D eigenvalue weighted by molar-refractivity contribution is 7.89. The number of carbonyl (C=O) groups excluding carboxylic acids is 2. The van der Waals surface area contributed by atoms with Crippen LogP contribution in [0, 0.1) is 0 Å². The smallest absolute Gasteiger partial charge is 0.338 e. The van der Waals surface area contributed by atoms with Crippen LogP contribution >= 0.6 is 11.6 Å². The Balaban J connectivity index is 1.62. The number of piperazine rings is 1. The summed E-state index contributed by atoms with van der Waals surface area (Å²) in [6.07, 6.45) is 0. The number of amides is 1. The average Bonchev–Trinajstić information content (AvgIpc) is 2.73. The summed E-state index contributed by atoms with van der Waals surface area (Å²) < 4.78 is 32.2. The van der Waals surface area contributed by atoms with Gasteiger partial charge in [0.2, 0.25) is 15.9 Å². The molecule has 3 rings (SSSR count). The number of halogens is 1. The molecule has 29 heavy (non-hydrogen) atoms. The first-order valence-electron chi connectivity index (χ1n) is 9.04. The molecule has 2 aromatic carbocycles. The Labute approximate surface area is 174 Å². The fourth-order valence-electron chi connectivity index (χ4n) is 2.97. The Hall–Kier alpha value is -2.42. The molecule has 0 atom stereocenters. The molecule has 0 radical (unpaired) electrons. The van der Waals surface area contributed by atoms with Crippen LogP contribution in [0.15, 0.2) is 53.4 Å². The number of rotatable bonds is 5. The molecule has 0 aliphatic carbocycles. The van der Waals surface area contributed by atoms with Gasteiger partial charge in [-0.3, -0.25) is 4.79 Å². The van der Waals surface area contributed by atoms with Gasteiger partial charge in [0.25, 0.3) is 0 Å². The fourth-order valence-corrected chi connectivity index (χ4v) is 4.52. The van der Waals surface area contributed by atoms with Crippen molar-refractivity contribution < 1.29 is 22.7 Å². The molecule has 7 nitrogen and oxygen atoms in total. The maximum absolute atomic E-state index is 12.8. The van der Waals surface area contributed by atoms with Crippen LogP contribution in [0.5, 0.6) is 0 Å². The standard InChI is InChI=1S/C20H21ClN2O5S/c1-15(24)22-10-12-23(13-11-22)29(26,27)19-8-4-17(5-9-19)20(25)28-14-16-2-6-18(21)7-3-16/h2-9H,10-14H2,1H3. The van der Waals surface area contributed by atoms with Gasteiger partial charge in [0.15, 0.2) is 0 Å². The second kappa shape index (κ2) is 8.94. The summed E-state index contributed by atoms with van der Waals surface area (Å²) in [5.41, 5.74) is 1.06. The van der Waals surface area contributed by atoms with Gasteiger partial charge in [0, 0.05) is 38.1 Å². The molecule has 0 aromatic heterocycles. The molecule has 1 aliphatic heterocycles. The van der Waals surface area contributed by atoms with E-state index in [0.29, 0.717) is 18.1 Å². The van der Waals surface area contributed by atoms with Gasteiger partial charge in [-0.2, -0.15) is 4.31 Å². The maximum atomic E-state index is 12.8. The Morgan fingerprint density at radius 3 is 2.10 bits per heavy atom. The molecule has 0 N–H and O–H groups in total. The van der Waals surface area contributed by atoms with Crippen LogP contribution in [-0.2, 0) is 26.2 Å². The Morgan fingerprint density at radius 2 is 1.55 bits per heavy atom. The summed E-state index contributed by atoms with van der Waals surface area (Å²) in [7, 11) is -3.68. The molecule has 0 saturated carbocycles. The second-order valence-electron chi connectivity index (χ2n) is 6.64. The van der Waals surface area contributed by atoms with Crippen LogP contribution in [0.1, 0.15) is 22.8 Å². The molecule has 1 saturated heterocycles. The first-order valence-corrected chi connectivity index (χ1v) is 10.9. The van der Waals surface area contributed by atoms with Crippen molar-refractivity contribution in [2.45, 2.75) is 18.4 Å². The van der Waals surface area contributed by atoms with Gasteiger partial charge in [-0.05, 0) is 42.0 Å². The van der Waals surface area contributed by atoms with E-state index in [1.165, 1.54) is 35.5 Å². The zero-order valence-corrected chi connectivity index (χ0v) is 17.4. The summed E-state index contributed by atoms with van der Waals surface area (Å²) in [5, 5.41) is 0.597. The summed E-state index contributed by atoms with van der Waals surface area (Å²) in [6, 6.07) is 12.6. The highest BCUT2D eigenvalue weighted by Crippen LogP contribution is 2.19. The van der Waals surface area contributed by atoms with Gasteiger partial charge in [-0.15, -0.1) is 0 Å². The van der Waals surface area contributed by atoms with Gasteiger partial charge in [0.1, 0.15) is 6.61 Å². The number of ether oxygens (including phenoxy) is 1. The summed E-state index contributed by atoms with van der Waals surface area (Å²) in [4.78, 5) is 25.3. The van der Waals surface area contributed by atoms with Crippen molar-refractivity contribution >= 4 is 33.5 Å². The van der Waals surface area contributed by atoms with Crippen LogP contribution in [0.3, 0.4) is 0 Å². The molecular weight excluding hydrogens is 416 g/mol. The van der Waals surface area contributed by atoms with E-state index >= 15 is 0 Å². The minimum Gasteiger partial charge on any atom is -0.457 e. The van der Waals surface area contributed by atoms with E-state index in [0.717, 1.165) is 5.56 Å². The predicted molar refractivity (Wildman–Crippen MR) is 108 cm³/mol. The van der Waals surface area contributed by atoms with Crippen LogP contribution in [-0.4, -0.2) is 55.7 Å². The minimum absolute atomic E-state index is 0.0662. The van der Waals surface area contributed by atoms with E-state index in [4.69, 9.17) is 16.3 Å². The van der Waals surface area contributed by atoms with Crippen molar-refractivity contribution in [1.29, 1.82) is 0 Å². The van der Waals surface area contributed by atoms with Gasteiger partial charge in [-0.25, -0.2) is 13.2 Å². The monoisotopic (exact) mass is 436 g/mol. The lowest BCUT2D eigenvalue weighted by Gasteiger charge is -2.33. The predicted octanol–water partition coefficient (Wildman–Crippen LogP) is 2.55. The quantitative estimate of drug-likeness (QED) is 0.672. The molecule has 1 heterocycles. The molecule has 0 bridgehead atoms. The Morgan fingerprint density at radius 1 is 0.966 bits per heavy atom. The molecule has 154 valence electrons. The van der Waals surface area contributed by atoms with Crippen LogP contribution < -0.4 is 0 Å². The van der Waals surface area contributed by atoms with Gasteiger partial charge >= 0.3 is 5.97 Å². The third-order valence-electron chi connectivity index (χ3n) is 4.69. The topological polar surface area (TPSA) is 84.0 Å². The molecular formula is C20H21ClN2O5S. The van der Waals surface area contributed by atoms with E-state index < -0.39 is 16.0 Å². The largest absolute Gasteiger partial charge is 0.457 e. The third-order valence-corrected chi connectivity index (χ3v) is 6.86. The van der Waals surface area contributed by atoms with Gasteiger partial charge in [0.05, 0.1) is 10.5 Å². The van der Waals surface area contributed by atoms with E-state index in [1.807, 2.05) is 0 Å². The zero-order valence-electron chi connectivity index (χ0n) is 15.9. The molecule has 1 fully saturated rings. The number of esters is 1. The molecule has 0 unspecified atom stereocenters. The fraction of sp³-hybridized carbons (Fsp3) is 0.300. The first kappa shape index (κ1) is 21.3. The lowest BCUT2D eigenvalue weighted by molar-refractivity contribution is -0.129. The molecule has 0 spiro atoms. The van der Waals surface area contributed by atoms with E-state index in [-0.39, 0.29) is 36.1 Å². The average molecular weight is 437 g/mol. The molecule has 9 heteroatoms. The van der Waals surface area contributed by atoms with E-state index in [9.17, 15) is 18.0 Å². The van der Waals surface area contributed by atoms with Crippen molar-refractivity contribution in [1.82, 2.24) is 9.21 Å². The number of benzene rings is 2. The van der Waals surface area contributed by atoms with Crippen molar-refractivity contribution in [2.75, 3.05) is 26.2 Å².